The summed E-state index contributed by atoms with van der Waals surface area (Å²) in [6, 6.07) is 7.85. The molecule has 1 aromatic rings. The zero-order chi connectivity index (χ0) is 12.0. The second-order valence-corrected chi connectivity index (χ2v) is 6.84. The van der Waals surface area contributed by atoms with Crippen molar-refractivity contribution in [3.8, 4) is 0 Å². The van der Waals surface area contributed by atoms with E-state index in [0.29, 0.717) is 19.6 Å². The highest BCUT2D eigenvalue weighted by Crippen LogP contribution is 2.12. The highest BCUT2D eigenvalue weighted by Gasteiger charge is 2.01. The van der Waals surface area contributed by atoms with Crippen LogP contribution in [0.2, 0.25) is 0 Å². The molecule has 0 saturated heterocycles. The molecule has 0 aliphatic rings. The van der Waals surface area contributed by atoms with Crippen molar-refractivity contribution >= 4 is 25.8 Å². The molecular weight excluding hydrogens is 292 g/mol. The second kappa shape index (κ2) is 6.37. The van der Waals surface area contributed by atoms with E-state index >= 15 is 0 Å². The summed E-state index contributed by atoms with van der Waals surface area (Å²) < 4.78 is 28.1. The molecule has 3 nitrogen and oxygen atoms in total. The van der Waals surface area contributed by atoms with Gasteiger partial charge in [0.25, 0.3) is 0 Å². The van der Waals surface area contributed by atoms with Gasteiger partial charge in [-0.2, -0.15) is 0 Å². The predicted octanol–water partition coefficient (Wildman–Crippen LogP) is 2.40. The van der Waals surface area contributed by atoms with E-state index < -0.39 is 9.84 Å². The maximum Gasteiger partial charge on any atom is 0.147 e. The molecule has 0 N–H and O–H groups in total. The molecule has 1 rings (SSSR count). The van der Waals surface area contributed by atoms with Crippen molar-refractivity contribution in [2.75, 3.05) is 18.6 Å². The van der Waals surface area contributed by atoms with Crippen molar-refractivity contribution < 1.29 is 13.2 Å². The van der Waals surface area contributed by atoms with E-state index in [1.807, 2.05) is 24.3 Å². The average molecular weight is 307 g/mol. The normalized spacial score (nSPS) is 11.6. The van der Waals surface area contributed by atoms with Crippen LogP contribution in [0.1, 0.15) is 12.0 Å². The molecule has 0 fully saturated rings. The lowest BCUT2D eigenvalue weighted by Crippen LogP contribution is -2.06. The summed E-state index contributed by atoms with van der Waals surface area (Å²) in [4.78, 5) is 0. The topological polar surface area (TPSA) is 43.4 Å². The Morgan fingerprint density at radius 1 is 1.38 bits per heavy atom. The molecular formula is C11H15BrO3S. The minimum atomic E-state index is -2.86. The quantitative estimate of drug-likeness (QED) is 0.758. The van der Waals surface area contributed by atoms with E-state index in [-0.39, 0.29) is 5.75 Å². The number of halogens is 1. The Labute approximate surface area is 105 Å². The first-order valence-electron chi connectivity index (χ1n) is 4.97. The third kappa shape index (κ3) is 6.25. The van der Waals surface area contributed by atoms with Crippen LogP contribution in [0.4, 0.5) is 0 Å². The highest BCUT2D eigenvalue weighted by atomic mass is 79.9. The molecule has 0 saturated carbocycles. The molecule has 1 aromatic carbocycles. The van der Waals surface area contributed by atoms with Gasteiger partial charge < -0.3 is 4.74 Å². The van der Waals surface area contributed by atoms with Gasteiger partial charge in [0.1, 0.15) is 9.84 Å². The minimum Gasteiger partial charge on any atom is -0.377 e. The smallest absolute Gasteiger partial charge is 0.147 e. The first kappa shape index (κ1) is 13.7. The predicted molar refractivity (Wildman–Crippen MR) is 68.1 cm³/mol. The first-order chi connectivity index (χ1) is 7.47. The molecule has 0 heterocycles. The molecule has 90 valence electrons. The summed E-state index contributed by atoms with van der Waals surface area (Å²) in [6.45, 7) is 0.989. The van der Waals surface area contributed by atoms with Gasteiger partial charge >= 0.3 is 0 Å². The van der Waals surface area contributed by atoms with Crippen LogP contribution in [-0.2, 0) is 21.2 Å². The summed E-state index contributed by atoms with van der Waals surface area (Å²) >= 11 is 3.38. The summed E-state index contributed by atoms with van der Waals surface area (Å²) in [7, 11) is -2.86. The fourth-order valence-corrected chi connectivity index (χ4v) is 2.33. The Morgan fingerprint density at radius 3 is 2.75 bits per heavy atom. The van der Waals surface area contributed by atoms with Crippen molar-refractivity contribution in [3.05, 3.63) is 34.3 Å². The van der Waals surface area contributed by atoms with E-state index in [0.717, 1.165) is 10.0 Å². The lowest BCUT2D eigenvalue weighted by atomic mass is 10.2. The zero-order valence-electron chi connectivity index (χ0n) is 9.15. The van der Waals surface area contributed by atoms with Gasteiger partial charge in [0, 0.05) is 17.3 Å². The van der Waals surface area contributed by atoms with Crippen LogP contribution in [0.25, 0.3) is 0 Å². The molecule has 0 atom stereocenters. The van der Waals surface area contributed by atoms with Crippen LogP contribution >= 0.6 is 15.9 Å². The van der Waals surface area contributed by atoms with Gasteiger partial charge in [-0.3, -0.25) is 0 Å². The van der Waals surface area contributed by atoms with Crippen LogP contribution in [0.5, 0.6) is 0 Å². The van der Waals surface area contributed by atoms with Gasteiger partial charge in [-0.15, -0.1) is 0 Å². The Kier molecular flexibility index (Phi) is 5.44. The molecule has 0 radical (unpaired) electrons. The van der Waals surface area contributed by atoms with Gasteiger partial charge in [0.15, 0.2) is 0 Å². The average Bonchev–Trinajstić information content (AvgIpc) is 2.15. The van der Waals surface area contributed by atoms with Crippen molar-refractivity contribution in [3.63, 3.8) is 0 Å². The number of benzene rings is 1. The fourth-order valence-electron chi connectivity index (χ4n) is 1.24. The van der Waals surface area contributed by atoms with Crippen molar-refractivity contribution in [1.29, 1.82) is 0 Å². The molecule has 0 spiro atoms. The first-order valence-corrected chi connectivity index (χ1v) is 7.83. The number of sulfone groups is 1. The van der Waals surface area contributed by atoms with Crippen molar-refractivity contribution in [2.24, 2.45) is 0 Å². The molecule has 0 unspecified atom stereocenters. The lowest BCUT2D eigenvalue weighted by molar-refractivity contribution is 0.122. The SMILES string of the molecule is CS(=O)(=O)CCCOCc1cccc(Br)c1. The van der Waals surface area contributed by atoms with Crippen LogP contribution < -0.4 is 0 Å². The largest absolute Gasteiger partial charge is 0.377 e. The Balaban J connectivity index is 2.21. The Hall–Kier alpha value is -0.390. The number of ether oxygens (including phenoxy) is 1. The van der Waals surface area contributed by atoms with Crippen LogP contribution in [0.3, 0.4) is 0 Å². The fraction of sp³-hybridized carbons (Fsp3) is 0.455. The van der Waals surface area contributed by atoms with E-state index in [1.165, 1.54) is 6.26 Å². The summed E-state index contributed by atoms with van der Waals surface area (Å²) in [5.74, 6) is 0.186. The van der Waals surface area contributed by atoms with Gasteiger partial charge in [0.2, 0.25) is 0 Å². The minimum absolute atomic E-state index is 0.186. The zero-order valence-corrected chi connectivity index (χ0v) is 11.6. The Bertz CT molecular complexity index is 429. The summed E-state index contributed by atoms with van der Waals surface area (Å²) in [5, 5.41) is 0. The van der Waals surface area contributed by atoms with Crippen molar-refractivity contribution in [2.45, 2.75) is 13.0 Å². The van der Waals surface area contributed by atoms with Crippen LogP contribution in [0.15, 0.2) is 28.7 Å². The molecule has 16 heavy (non-hydrogen) atoms. The third-order valence-corrected chi connectivity index (χ3v) is 3.49. The maximum absolute atomic E-state index is 10.8. The van der Waals surface area contributed by atoms with E-state index in [9.17, 15) is 8.42 Å². The number of rotatable bonds is 6. The highest BCUT2D eigenvalue weighted by molar-refractivity contribution is 9.10. The Morgan fingerprint density at radius 2 is 2.12 bits per heavy atom. The van der Waals surface area contributed by atoms with E-state index in [4.69, 9.17) is 4.74 Å². The molecule has 0 aliphatic heterocycles. The third-order valence-electron chi connectivity index (χ3n) is 1.96. The molecule has 0 bridgehead atoms. The van der Waals surface area contributed by atoms with Gasteiger partial charge in [-0.1, -0.05) is 28.1 Å². The lowest BCUT2D eigenvalue weighted by Gasteiger charge is -2.04. The molecule has 0 aromatic heterocycles. The second-order valence-electron chi connectivity index (χ2n) is 3.67. The summed E-state index contributed by atoms with van der Waals surface area (Å²) in [6.07, 6.45) is 1.79. The van der Waals surface area contributed by atoms with Gasteiger partial charge in [0.05, 0.1) is 12.4 Å². The van der Waals surface area contributed by atoms with Crippen LogP contribution in [-0.4, -0.2) is 27.0 Å². The molecule has 0 aliphatic carbocycles. The summed E-state index contributed by atoms with van der Waals surface area (Å²) in [5.41, 5.74) is 1.08. The van der Waals surface area contributed by atoms with Crippen molar-refractivity contribution in [1.82, 2.24) is 0 Å². The molecule has 5 heteroatoms. The number of hydrogen-bond acceptors (Lipinski definition) is 3. The number of hydrogen-bond donors (Lipinski definition) is 0. The van der Waals surface area contributed by atoms with E-state index in [1.54, 1.807) is 0 Å². The monoisotopic (exact) mass is 306 g/mol. The molecule has 0 amide bonds. The maximum atomic E-state index is 10.8. The standard InChI is InChI=1S/C11H15BrO3S/c1-16(13,14)7-3-6-15-9-10-4-2-5-11(12)8-10/h2,4-5,8H,3,6-7,9H2,1H3. The van der Waals surface area contributed by atoms with Crippen LogP contribution in [0, 0.1) is 0 Å². The van der Waals surface area contributed by atoms with Gasteiger partial charge in [-0.05, 0) is 24.1 Å². The van der Waals surface area contributed by atoms with E-state index in [2.05, 4.69) is 15.9 Å². The van der Waals surface area contributed by atoms with Gasteiger partial charge in [-0.25, -0.2) is 8.42 Å².